The van der Waals surface area contributed by atoms with Crippen molar-refractivity contribution in [3.8, 4) is 11.1 Å². The molecule has 4 aromatic rings. The van der Waals surface area contributed by atoms with Crippen molar-refractivity contribution >= 4 is 6.48 Å². The Hall–Kier alpha value is -2.31. The van der Waals surface area contributed by atoms with Crippen LogP contribution < -0.4 is 28.1 Å². The second-order valence-electron chi connectivity index (χ2n) is 25.1. The Morgan fingerprint density at radius 2 is 1.05 bits per heavy atom. The first kappa shape index (κ1) is 48.6. The zero-order valence-electron chi connectivity index (χ0n) is 41.3. The zero-order chi connectivity index (χ0) is 43.6. The predicted octanol–water partition coefficient (Wildman–Crippen LogP) is 9.42. The molecule has 63 heavy (non-hydrogen) atoms. The number of allylic oxidation sites excluding steroid dienone is 4. The Kier molecular flexibility index (Phi) is 13.2. The largest absolute Gasteiger partial charge is 1.00 e. The summed E-state index contributed by atoms with van der Waals surface area (Å²) in [6.07, 6.45) is 14.1. The van der Waals surface area contributed by atoms with Crippen LogP contribution in [0.1, 0.15) is 186 Å². The molecule has 0 saturated heterocycles. The monoisotopic (exact) mass is 956 g/mol. The Balaban J connectivity index is 0.00000298. The Bertz CT molecular complexity index is 2380. The third-order valence-electron chi connectivity index (χ3n) is 16.1. The minimum Gasteiger partial charge on any atom is -1.00 e. The SMILES string of the molecule is CC1=[C]([Zr+2](=[C](c2ccc(C(C)(C)C)cc2)c2ccc(C(C)(C)C)cc2)[c]2c(C(C)(C)C)ccc3c2Cc2cc(C(C)(C)C)ccc2-3)C(C)C=C1CC12CC3CC(CC(C3)C1)C2.[Cl-].[Cl-]. The summed E-state index contributed by atoms with van der Waals surface area (Å²) in [7, 11) is 0. The minimum absolute atomic E-state index is 0. The van der Waals surface area contributed by atoms with Gasteiger partial charge in [0.1, 0.15) is 0 Å². The van der Waals surface area contributed by atoms with E-state index < -0.39 is 21.3 Å². The molecule has 4 saturated carbocycles. The molecule has 334 valence electrons. The van der Waals surface area contributed by atoms with E-state index in [0.29, 0.717) is 11.3 Å². The van der Waals surface area contributed by atoms with Gasteiger partial charge in [-0.3, -0.25) is 0 Å². The van der Waals surface area contributed by atoms with Crippen molar-refractivity contribution in [2.24, 2.45) is 29.1 Å². The van der Waals surface area contributed by atoms with Crippen LogP contribution in [0.5, 0.6) is 0 Å². The topological polar surface area (TPSA) is 0 Å². The average molecular weight is 959 g/mol. The summed E-state index contributed by atoms with van der Waals surface area (Å²) in [6.45, 7) is 33.9. The van der Waals surface area contributed by atoms with Crippen LogP contribution in [0.3, 0.4) is 0 Å². The summed E-state index contributed by atoms with van der Waals surface area (Å²) in [5, 5.41) is 0. The number of fused-ring (bicyclic) bond motifs is 3. The van der Waals surface area contributed by atoms with Crippen LogP contribution >= 0.6 is 0 Å². The molecule has 0 radical (unpaired) electrons. The summed E-state index contributed by atoms with van der Waals surface area (Å²) in [6, 6.07) is 32.5. The summed E-state index contributed by atoms with van der Waals surface area (Å²) in [4.78, 5) is 0. The third kappa shape index (κ3) is 9.11. The molecule has 3 heteroatoms. The van der Waals surface area contributed by atoms with Gasteiger partial charge in [-0.25, -0.2) is 0 Å². The van der Waals surface area contributed by atoms with E-state index >= 15 is 0 Å². The van der Waals surface area contributed by atoms with Crippen molar-refractivity contribution in [1.82, 2.24) is 0 Å². The molecule has 0 nitrogen and oxygen atoms in total. The standard InChI is InChI=1S/C21H25.C21H26.C18H25.2ClH.Zr/c1-20(2,3)16-7-9-18-14(12-16)11-15-13-17(21(4,5)6)8-10-19(15)18;1-20(2,3)18-11-7-16(8-12-18)15-17-9-13-19(14-10-17)21(4,5)6;1-12-3-13(2)17(4-12)11-18-8-14-5-15(9-18)7-16(6-14)10-18;;;/h7-10,12H,11H2,1-6H3;7-14H,1-6H3;4,12,14-16H,5-11H2,1-2H3;2*1H;/q;;;;;+2/p-2. The van der Waals surface area contributed by atoms with Gasteiger partial charge in [-0.15, -0.1) is 0 Å². The Morgan fingerprint density at radius 3 is 1.51 bits per heavy atom. The molecule has 0 heterocycles. The molecule has 4 bridgehead atoms. The smallest absolute Gasteiger partial charge is 1.00 e. The van der Waals surface area contributed by atoms with E-state index in [1.54, 1.807) is 28.8 Å². The molecule has 1 atom stereocenters. The molecule has 4 fully saturated rings. The van der Waals surface area contributed by atoms with Gasteiger partial charge in [0.25, 0.3) is 0 Å². The van der Waals surface area contributed by atoms with E-state index in [9.17, 15) is 0 Å². The number of hydrogen-bond acceptors (Lipinski definition) is 0. The fourth-order valence-electron chi connectivity index (χ4n) is 13.3. The van der Waals surface area contributed by atoms with Crippen molar-refractivity contribution in [2.75, 3.05) is 0 Å². The summed E-state index contributed by atoms with van der Waals surface area (Å²) in [5.74, 6) is 3.38. The minimum atomic E-state index is -3.14. The van der Waals surface area contributed by atoms with E-state index in [4.69, 9.17) is 0 Å². The summed E-state index contributed by atoms with van der Waals surface area (Å²) >= 11 is -3.14. The van der Waals surface area contributed by atoms with E-state index in [1.165, 1.54) is 89.5 Å². The van der Waals surface area contributed by atoms with Crippen molar-refractivity contribution in [1.29, 1.82) is 0 Å². The number of benzene rings is 4. The average Bonchev–Trinajstić information content (AvgIpc) is 3.66. The van der Waals surface area contributed by atoms with Crippen molar-refractivity contribution in [3.05, 3.63) is 144 Å². The van der Waals surface area contributed by atoms with Crippen LogP contribution in [-0.2, 0) is 49.3 Å². The van der Waals surface area contributed by atoms with Crippen LogP contribution in [0, 0.1) is 29.1 Å². The molecule has 4 aromatic carbocycles. The molecule has 0 aromatic heterocycles. The quantitative estimate of drug-likeness (QED) is 0.159. The molecule has 1 unspecified atom stereocenters. The van der Waals surface area contributed by atoms with Crippen LogP contribution in [0.2, 0.25) is 0 Å². The fourth-order valence-corrected chi connectivity index (χ4v) is 23.2. The van der Waals surface area contributed by atoms with Crippen LogP contribution in [-0.4, -0.2) is 3.21 Å². The van der Waals surface area contributed by atoms with Gasteiger partial charge in [0, 0.05) is 0 Å². The molecule has 10 rings (SSSR count). The fraction of sp³-hybridized carbons (Fsp3) is 0.517. The van der Waals surface area contributed by atoms with Crippen molar-refractivity contribution in [3.63, 3.8) is 0 Å². The van der Waals surface area contributed by atoms with E-state index in [1.807, 2.05) is 3.28 Å². The van der Waals surface area contributed by atoms with Gasteiger partial charge in [0.05, 0.1) is 0 Å². The predicted molar refractivity (Wildman–Crippen MR) is 260 cm³/mol. The van der Waals surface area contributed by atoms with Gasteiger partial charge in [-0.05, 0) is 0 Å². The third-order valence-corrected chi connectivity index (χ3v) is 24.8. The van der Waals surface area contributed by atoms with Crippen LogP contribution in [0.25, 0.3) is 11.1 Å². The van der Waals surface area contributed by atoms with E-state index in [-0.39, 0.29) is 46.5 Å². The van der Waals surface area contributed by atoms with Gasteiger partial charge in [-0.1, -0.05) is 0 Å². The number of halogens is 2. The van der Waals surface area contributed by atoms with Crippen molar-refractivity contribution < 1.29 is 46.1 Å². The van der Waals surface area contributed by atoms with Gasteiger partial charge >= 0.3 is 382 Å². The zero-order valence-corrected chi connectivity index (χ0v) is 45.3. The molecular weight excluding hydrogens is 883 g/mol. The van der Waals surface area contributed by atoms with Crippen molar-refractivity contribution in [2.45, 2.75) is 170 Å². The molecule has 0 aliphatic heterocycles. The van der Waals surface area contributed by atoms with Crippen LogP contribution in [0.15, 0.2) is 99.4 Å². The normalized spacial score (nSPS) is 23.7. The molecule has 0 N–H and O–H groups in total. The first-order chi connectivity index (χ1) is 28.5. The molecule has 0 spiro atoms. The van der Waals surface area contributed by atoms with Gasteiger partial charge in [-0.2, -0.15) is 0 Å². The van der Waals surface area contributed by atoms with Crippen LogP contribution in [0.4, 0.5) is 0 Å². The Labute approximate surface area is 403 Å². The summed E-state index contributed by atoms with van der Waals surface area (Å²) < 4.78 is 5.27. The maximum Gasteiger partial charge on any atom is -1.00 e. The first-order valence-electron chi connectivity index (χ1n) is 24.2. The Morgan fingerprint density at radius 1 is 0.587 bits per heavy atom. The number of hydrogen-bond donors (Lipinski definition) is 0. The summed E-state index contributed by atoms with van der Waals surface area (Å²) in [5.41, 5.74) is 19.1. The second-order valence-corrected chi connectivity index (χ2v) is 30.7. The maximum absolute atomic E-state index is 3.14. The van der Waals surface area contributed by atoms with Gasteiger partial charge in [0.2, 0.25) is 0 Å². The first-order valence-corrected chi connectivity index (χ1v) is 27.9. The molecular formula is C60H76Cl2Zr. The number of rotatable bonds is 6. The second kappa shape index (κ2) is 17.1. The maximum atomic E-state index is 2.80. The van der Waals surface area contributed by atoms with Gasteiger partial charge in [0.15, 0.2) is 0 Å². The van der Waals surface area contributed by atoms with E-state index in [0.717, 1.165) is 24.2 Å². The molecule has 6 aliphatic carbocycles. The van der Waals surface area contributed by atoms with E-state index in [2.05, 4.69) is 182 Å². The molecule has 0 amide bonds. The van der Waals surface area contributed by atoms with Gasteiger partial charge < -0.3 is 24.8 Å². The molecule has 6 aliphatic rings.